The van der Waals surface area contributed by atoms with E-state index in [-0.39, 0.29) is 11.9 Å². The minimum Gasteiger partial charge on any atom is -0.486 e. The van der Waals surface area contributed by atoms with Crippen molar-refractivity contribution in [3.63, 3.8) is 0 Å². The van der Waals surface area contributed by atoms with Crippen LogP contribution in [0.1, 0.15) is 39.2 Å². The second-order valence-corrected chi connectivity index (χ2v) is 5.51. The van der Waals surface area contributed by atoms with Crippen LogP contribution in [-0.2, 0) is 0 Å². The summed E-state index contributed by atoms with van der Waals surface area (Å²) in [6, 6.07) is 4.99. The standard InChI is InChI=1S/C16H26FNO/c1-5-6-14(11-18-10-12(2)3)19-16-9-13(4)7-8-15(16)17/h7-9,12,14,18H,5-6,10-11H2,1-4H3. The number of nitrogens with one attached hydrogen (secondary N) is 1. The van der Waals surface area contributed by atoms with Gasteiger partial charge in [-0.25, -0.2) is 4.39 Å². The predicted molar refractivity (Wildman–Crippen MR) is 78.2 cm³/mol. The van der Waals surface area contributed by atoms with Crippen molar-refractivity contribution in [2.45, 2.75) is 46.6 Å². The third kappa shape index (κ3) is 6.06. The van der Waals surface area contributed by atoms with Gasteiger partial charge in [0.25, 0.3) is 0 Å². The quantitative estimate of drug-likeness (QED) is 0.770. The molecule has 0 heterocycles. The number of halogens is 1. The zero-order valence-electron chi connectivity index (χ0n) is 12.5. The molecule has 1 rings (SSSR count). The maximum absolute atomic E-state index is 13.7. The number of hydrogen-bond donors (Lipinski definition) is 1. The molecule has 1 aromatic rings. The zero-order chi connectivity index (χ0) is 14.3. The van der Waals surface area contributed by atoms with Crippen LogP contribution in [-0.4, -0.2) is 19.2 Å². The van der Waals surface area contributed by atoms with Gasteiger partial charge >= 0.3 is 0 Å². The highest BCUT2D eigenvalue weighted by atomic mass is 19.1. The molecule has 2 nitrogen and oxygen atoms in total. The van der Waals surface area contributed by atoms with Crippen molar-refractivity contribution in [2.24, 2.45) is 5.92 Å². The van der Waals surface area contributed by atoms with Gasteiger partial charge in [-0.05, 0) is 43.5 Å². The molecule has 3 heteroatoms. The smallest absolute Gasteiger partial charge is 0.165 e. The summed E-state index contributed by atoms with van der Waals surface area (Å²) >= 11 is 0. The monoisotopic (exact) mass is 267 g/mol. The van der Waals surface area contributed by atoms with Crippen LogP contribution in [0.25, 0.3) is 0 Å². The van der Waals surface area contributed by atoms with Crippen LogP contribution >= 0.6 is 0 Å². The van der Waals surface area contributed by atoms with Crippen molar-refractivity contribution in [1.82, 2.24) is 5.32 Å². The topological polar surface area (TPSA) is 21.3 Å². The fourth-order valence-corrected chi connectivity index (χ4v) is 1.94. The lowest BCUT2D eigenvalue weighted by atomic mass is 10.1. The molecule has 0 aliphatic heterocycles. The minimum atomic E-state index is -0.282. The van der Waals surface area contributed by atoms with Gasteiger partial charge in [0.1, 0.15) is 6.10 Å². The van der Waals surface area contributed by atoms with E-state index >= 15 is 0 Å². The molecule has 108 valence electrons. The van der Waals surface area contributed by atoms with Gasteiger partial charge in [0.05, 0.1) is 0 Å². The van der Waals surface area contributed by atoms with E-state index in [2.05, 4.69) is 26.1 Å². The molecule has 1 atom stereocenters. The number of rotatable bonds is 8. The Kier molecular flexibility index (Phi) is 6.85. The highest BCUT2D eigenvalue weighted by molar-refractivity contribution is 5.29. The first-order valence-corrected chi connectivity index (χ1v) is 7.16. The Morgan fingerprint density at radius 3 is 2.63 bits per heavy atom. The van der Waals surface area contributed by atoms with E-state index in [9.17, 15) is 4.39 Å². The van der Waals surface area contributed by atoms with Gasteiger partial charge in [-0.2, -0.15) is 0 Å². The number of benzene rings is 1. The molecule has 0 aromatic heterocycles. The van der Waals surface area contributed by atoms with Gasteiger partial charge in [-0.1, -0.05) is 33.3 Å². The first-order chi connectivity index (χ1) is 9.02. The lowest BCUT2D eigenvalue weighted by Crippen LogP contribution is -2.33. The number of hydrogen-bond acceptors (Lipinski definition) is 2. The molecule has 0 aliphatic carbocycles. The Bertz CT molecular complexity index is 379. The fraction of sp³-hybridized carbons (Fsp3) is 0.625. The second kappa shape index (κ2) is 8.16. The highest BCUT2D eigenvalue weighted by Gasteiger charge is 2.12. The van der Waals surface area contributed by atoms with Crippen molar-refractivity contribution in [2.75, 3.05) is 13.1 Å². The predicted octanol–water partition coefficient (Wildman–Crippen LogP) is 3.93. The van der Waals surface area contributed by atoms with Crippen LogP contribution < -0.4 is 10.1 Å². The minimum absolute atomic E-state index is 0.0278. The van der Waals surface area contributed by atoms with E-state index in [0.717, 1.165) is 31.5 Å². The Morgan fingerprint density at radius 1 is 1.26 bits per heavy atom. The summed E-state index contributed by atoms with van der Waals surface area (Å²) in [6.07, 6.45) is 1.99. The normalized spacial score (nSPS) is 12.7. The molecule has 0 amide bonds. The van der Waals surface area contributed by atoms with E-state index in [1.165, 1.54) is 6.07 Å². The summed E-state index contributed by atoms with van der Waals surface area (Å²) in [7, 11) is 0. The number of aryl methyl sites for hydroxylation is 1. The largest absolute Gasteiger partial charge is 0.486 e. The molecular weight excluding hydrogens is 241 g/mol. The van der Waals surface area contributed by atoms with E-state index in [0.29, 0.717) is 11.7 Å². The van der Waals surface area contributed by atoms with E-state index in [1.807, 2.05) is 6.92 Å². The summed E-state index contributed by atoms with van der Waals surface area (Å²) < 4.78 is 19.5. The van der Waals surface area contributed by atoms with Gasteiger partial charge < -0.3 is 10.1 Å². The van der Waals surface area contributed by atoms with Crippen LogP contribution in [0.4, 0.5) is 4.39 Å². The van der Waals surface area contributed by atoms with Crippen LogP contribution in [0.5, 0.6) is 5.75 Å². The van der Waals surface area contributed by atoms with E-state index in [1.54, 1.807) is 12.1 Å². The molecule has 1 aromatic carbocycles. The maximum Gasteiger partial charge on any atom is 0.165 e. The summed E-state index contributed by atoms with van der Waals surface area (Å²) in [5.41, 5.74) is 1.02. The molecule has 0 spiro atoms. The molecule has 1 N–H and O–H groups in total. The fourth-order valence-electron chi connectivity index (χ4n) is 1.94. The second-order valence-electron chi connectivity index (χ2n) is 5.51. The molecular formula is C16H26FNO. The maximum atomic E-state index is 13.7. The molecule has 0 fully saturated rings. The lowest BCUT2D eigenvalue weighted by molar-refractivity contribution is 0.177. The van der Waals surface area contributed by atoms with Gasteiger partial charge in [-0.15, -0.1) is 0 Å². The van der Waals surface area contributed by atoms with Crippen molar-refractivity contribution < 1.29 is 9.13 Å². The first-order valence-electron chi connectivity index (χ1n) is 7.16. The third-order valence-electron chi connectivity index (χ3n) is 2.92. The van der Waals surface area contributed by atoms with E-state index < -0.39 is 0 Å². The van der Waals surface area contributed by atoms with E-state index in [4.69, 9.17) is 4.74 Å². The number of ether oxygens (including phenoxy) is 1. The molecule has 0 saturated heterocycles. The van der Waals surface area contributed by atoms with Crippen LogP contribution in [0.15, 0.2) is 18.2 Å². The summed E-state index contributed by atoms with van der Waals surface area (Å²) in [5, 5.41) is 3.38. The SMILES string of the molecule is CCCC(CNCC(C)C)Oc1cc(C)ccc1F. The molecule has 0 radical (unpaired) electrons. The van der Waals surface area contributed by atoms with Crippen LogP contribution in [0, 0.1) is 18.7 Å². The average Bonchev–Trinajstić information content (AvgIpc) is 2.33. The first kappa shape index (κ1) is 16.0. The van der Waals surface area contributed by atoms with Crippen molar-refractivity contribution in [3.8, 4) is 5.75 Å². The Balaban J connectivity index is 2.58. The molecule has 0 saturated carbocycles. The van der Waals surface area contributed by atoms with Gasteiger partial charge in [0.2, 0.25) is 0 Å². The highest BCUT2D eigenvalue weighted by Crippen LogP contribution is 2.20. The zero-order valence-corrected chi connectivity index (χ0v) is 12.5. The van der Waals surface area contributed by atoms with Crippen LogP contribution in [0.3, 0.4) is 0 Å². The van der Waals surface area contributed by atoms with Crippen molar-refractivity contribution >= 4 is 0 Å². The Labute approximate surface area is 116 Å². The summed E-state index contributed by atoms with van der Waals surface area (Å²) in [5.74, 6) is 0.693. The van der Waals surface area contributed by atoms with Crippen LogP contribution in [0.2, 0.25) is 0 Å². The average molecular weight is 267 g/mol. The van der Waals surface area contributed by atoms with Gasteiger partial charge in [0, 0.05) is 6.54 Å². The van der Waals surface area contributed by atoms with Gasteiger partial charge in [0.15, 0.2) is 11.6 Å². The van der Waals surface area contributed by atoms with Gasteiger partial charge in [-0.3, -0.25) is 0 Å². The molecule has 0 aliphatic rings. The Hall–Kier alpha value is -1.09. The molecule has 1 unspecified atom stereocenters. The Morgan fingerprint density at radius 2 is 2.00 bits per heavy atom. The third-order valence-corrected chi connectivity index (χ3v) is 2.92. The van der Waals surface area contributed by atoms with Crippen molar-refractivity contribution in [3.05, 3.63) is 29.6 Å². The summed E-state index contributed by atoms with van der Waals surface area (Å²) in [6.45, 7) is 10.1. The summed E-state index contributed by atoms with van der Waals surface area (Å²) in [4.78, 5) is 0. The molecule has 0 bridgehead atoms. The van der Waals surface area contributed by atoms with Crippen molar-refractivity contribution in [1.29, 1.82) is 0 Å². The lowest BCUT2D eigenvalue weighted by Gasteiger charge is -2.20. The molecule has 19 heavy (non-hydrogen) atoms.